The summed E-state index contributed by atoms with van der Waals surface area (Å²) in [7, 11) is 0. The molecule has 3 heteroatoms. The van der Waals surface area contributed by atoms with Crippen LogP contribution in [0.3, 0.4) is 0 Å². The van der Waals surface area contributed by atoms with Gasteiger partial charge in [-0.05, 0) is 13.3 Å². The van der Waals surface area contributed by atoms with Crippen LogP contribution < -0.4 is 5.32 Å². The average Bonchev–Trinajstić information content (AvgIpc) is 2.02. The standard InChI is InChI=1S/C9H19NO2/c1-3-4-6-12-7-5-10-8-9(2)11/h3,9-11H,1,4-8H2,2H3/t9-/m1/s1. The third kappa shape index (κ3) is 9.62. The van der Waals surface area contributed by atoms with Gasteiger partial charge in [-0.25, -0.2) is 0 Å². The quantitative estimate of drug-likeness (QED) is 0.416. The molecule has 0 heterocycles. The lowest BCUT2D eigenvalue weighted by atomic mass is 10.4. The molecule has 0 radical (unpaired) electrons. The maximum Gasteiger partial charge on any atom is 0.0636 e. The first-order valence-electron chi connectivity index (χ1n) is 4.34. The third-order valence-corrected chi connectivity index (χ3v) is 1.33. The Morgan fingerprint density at radius 2 is 2.33 bits per heavy atom. The zero-order valence-corrected chi connectivity index (χ0v) is 7.75. The molecule has 0 bridgehead atoms. The van der Waals surface area contributed by atoms with Gasteiger partial charge in [-0.15, -0.1) is 6.58 Å². The molecule has 0 saturated heterocycles. The Morgan fingerprint density at radius 3 is 2.92 bits per heavy atom. The average molecular weight is 173 g/mol. The maximum absolute atomic E-state index is 8.88. The van der Waals surface area contributed by atoms with E-state index < -0.39 is 0 Å². The molecule has 0 saturated carbocycles. The molecule has 0 rings (SSSR count). The van der Waals surface area contributed by atoms with Crippen LogP contribution in [0.2, 0.25) is 0 Å². The van der Waals surface area contributed by atoms with Crippen molar-refractivity contribution in [2.24, 2.45) is 0 Å². The first kappa shape index (κ1) is 11.6. The number of aliphatic hydroxyl groups is 1. The second-order valence-electron chi connectivity index (χ2n) is 2.74. The highest BCUT2D eigenvalue weighted by Crippen LogP contribution is 1.81. The summed E-state index contributed by atoms with van der Waals surface area (Å²) in [6, 6.07) is 0. The lowest BCUT2D eigenvalue weighted by Gasteiger charge is -2.06. The summed E-state index contributed by atoms with van der Waals surface area (Å²) < 4.78 is 5.24. The monoisotopic (exact) mass is 173 g/mol. The molecule has 0 aromatic heterocycles. The summed E-state index contributed by atoms with van der Waals surface area (Å²) in [5, 5.41) is 11.9. The Labute approximate surface area is 74.4 Å². The molecule has 0 aliphatic rings. The normalized spacial score (nSPS) is 12.8. The largest absolute Gasteiger partial charge is 0.392 e. The van der Waals surface area contributed by atoms with E-state index in [1.54, 1.807) is 6.92 Å². The molecule has 0 aromatic rings. The smallest absolute Gasteiger partial charge is 0.0636 e. The molecular formula is C9H19NO2. The van der Waals surface area contributed by atoms with Gasteiger partial charge < -0.3 is 15.2 Å². The fraction of sp³-hybridized carbons (Fsp3) is 0.778. The third-order valence-electron chi connectivity index (χ3n) is 1.33. The number of nitrogens with one attached hydrogen (secondary N) is 1. The van der Waals surface area contributed by atoms with Crippen molar-refractivity contribution in [2.75, 3.05) is 26.3 Å². The van der Waals surface area contributed by atoms with E-state index in [-0.39, 0.29) is 6.10 Å². The summed E-state index contributed by atoms with van der Waals surface area (Å²) in [6.07, 6.45) is 2.46. The Morgan fingerprint density at radius 1 is 1.58 bits per heavy atom. The molecular weight excluding hydrogens is 154 g/mol. The van der Waals surface area contributed by atoms with E-state index in [0.29, 0.717) is 13.2 Å². The van der Waals surface area contributed by atoms with Crippen LogP contribution in [0.1, 0.15) is 13.3 Å². The lowest BCUT2D eigenvalue weighted by molar-refractivity contribution is 0.134. The molecule has 0 aliphatic carbocycles. The second kappa shape index (κ2) is 8.71. The Hall–Kier alpha value is -0.380. The van der Waals surface area contributed by atoms with Gasteiger partial charge in [0.25, 0.3) is 0 Å². The Balaban J connectivity index is 2.86. The fourth-order valence-corrected chi connectivity index (χ4v) is 0.724. The number of rotatable bonds is 8. The maximum atomic E-state index is 8.88. The van der Waals surface area contributed by atoms with Crippen molar-refractivity contribution in [2.45, 2.75) is 19.4 Å². The summed E-state index contributed by atoms with van der Waals surface area (Å²) in [6.45, 7) is 8.20. The number of hydrogen-bond acceptors (Lipinski definition) is 3. The van der Waals surface area contributed by atoms with E-state index in [2.05, 4.69) is 11.9 Å². The molecule has 0 aliphatic heterocycles. The van der Waals surface area contributed by atoms with E-state index in [1.165, 1.54) is 0 Å². The molecule has 0 amide bonds. The zero-order chi connectivity index (χ0) is 9.23. The van der Waals surface area contributed by atoms with E-state index in [0.717, 1.165) is 19.6 Å². The number of hydrogen-bond donors (Lipinski definition) is 2. The minimum atomic E-state index is -0.279. The van der Waals surface area contributed by atoms with Gasteiger partial charge in [0, 0.05) is 13.1 Å². The molecule has 2 N–H and O–H groups in total. The Kier molecular flexibility index (Phi) is 8.44. The van der Waals surface area contributed by atoms with E-state index >= 15 is 0 Å². The van der Waals surface area contributed by atoms with Crippen LogP contribution in [0.4, 0.5) is 0 Å². The number of aliphatic hydroxyl groups excluding tert-OH is 1. The molecule has 72 valence electrons. The van der Waals surface area contributed by atoms with Gasteiger partial charge in [-0.2, -0.15) is 0 Å². The van der Waals surface area contributed by atoms with E-state index in [4.69, 9.17) is 9.84 Å². The van der Waals surface area contributed by atoms with Gasteiger partial charge in [0.15, 0.2) is 0 Å². The van der Waals surface area contributed by atoms with E-state index in [1.807, 2.05) is 6.08 Å². The van der Waals surface area contributed by atoms with Gasteiger partial charge in [0.2, 0.25) is 0 Å². The number of ether oxygens (including phenoxy) is 1. The predicted octanol–water partition coefficient (Wildman–Crippen LogP) is 0.549. The van der Waals surface area contributed by atoms with Crippen molar-refractivity contribution in [3.8, 4) is 0 Å². The van der Waals surface area contributed by atoms with Crippen molar-refractivity contribution in [1.82, 2.24) is 5.32 Å². The van der Waals surface area contributed by atoms with Crippen molar-refractivity contribution >= 4 is 0 Å². The fourth-order valence-electron chi connectivity index (χ4n) is 0.724. The highest BCUT2D eigenvalue weighted by atomic mass is 16.5. The molecule has 0 spiro atoms. The summed E-state index contributed by atoms with van der Waals surface area (Å²) in [4.78, 5) is 0. The first-order chi connectivity index (χ1) is 5.77. The predicted molar refractivity (Wildman–Crippen MR) is 50.2 cm³/mol. The van der Waals surface area contributed by atoms with Crippen LogP contribution in [0.5, 0.6) is 0 Å². The highest BCUT2D eigenvalue weighted by Gasteiger charge is 1.92. The second-order valence-corrected chi connectivity index (χ2v) is 2.74. The zero-order valence-electron chi connectivity index (χ0n) is 7.75. The topological polar surface area (TPSA) is 41.5 Å². The summed E-state index contributed by atoms with van der Waals surface area (Å²) in [5.74, 6) is 0. The molecule has 1 atom stereocenters. The molecule has 0 fully saturated rings. The summed E-state index contributed by atoms with van der Waals surface area (Å²) >= 11 is 0. The van der Waals surface area contributed by atoms with Gasteiger partial charge in [0.1, 0.15) is 0 Å². The van der Waals surface area contributed by atoms with Crippen molar-refractivity contribution in [3.63, 3.8) is 0 Å². The van der Waals surface area contributed by atoms with Crippen LogP contribution in [-0.4, -0.2) is 37.5 Å². The minimum Gasteiger partial charge on any atom is -0.392 e. The molecule has 3 nitrogen and oxygen atoms in total. The molecule has 0 unspecified atom stereocenters. The molecule has 0 aromatic carbocycles. The van der Waals surface area contributed by atoms with Crippen molar-refractivity contribution in [3.05, 3.63) is 12.7 Å². The van der Waals surface area contributed by atoms with Crippen molar-refractivity contribution < 1.29 is 9.84 Å². The van der Waals surface area contributed by atoms with Gasteiger partial charge in [-0.3, -0.25) is 0 Å². The first-order valence-corrected chi connectivity index (χ1v) is 4.34. The van der Waals surface area contributed by atoms with Crippen LogP contribution in [0.15, 0.2) is 12.7 Å². The molecule has 12 heavy (non-hydrogen) atoms. The van der Waals surface area contributed by atoms with Crippen LogP contribution >= 0.6 is 0 Å². The minimum absolute atomic E-state index is 0.279. The SMILES string of the molecule is C=CCCOCCNC[C@@H](C)O. The Bertz CT molecular complexity index is 105. The van der Waals surface area contributed by atoms with Crippen LogP contribution in [0.25, 0.3) is 0 Å². The van der Waals surface area contributed by atoms with Gasteiger partial charge in [0.05, 0.1) is 19.3 Å². The van der Waals surface area contributed by atoms with Gasteiger partial charge in [-0.1, -0.05) is 6.08 Å². The van der Waals surface area contributed by atoms with Crippen LogP contribution in [0, 0.1) is 0 Å². The van der Waals surface area contributed by atoms with E-state index in [9.17, 15) is 0 Å². The summed E-state index contributed by atoms with van der Waals surface area (Å²) in [5.41, 5.74) is 0. The lowest BCUT2D eigenvalue weighted by Crippen LogP contribution is -2.27. The highest BCUT2D eigenvalue weighted by molar-refractivity contribution is 4.64. The van der Waals surface area contributed by atoms with Gasteiger partial charge >= 0.3 is 0 Å². The van der Waals surface area contributed by atoms with Crippen LogP contribution in [-0.2, 0) is 4.74 Å². The van der Waals surface area contributed by atoms with Crippen molar-refractivity contribution in [1.29, 1.82) is 0 Å².